The summed E-state index contributed by atoms with van der Waals surface area (Å²) in [5.41, 5.74) is 7.51. The molecule has 9 heteroatoms. The van der Waals surface area contributed by atoms with Gasteiger partial charge >= 0.3 is 7.60 Å². The number of ether oxygens (including phenoxy) is 1. The molecule has 0 aromatic heterocycles. The summed E-state index contributed by atoms with van der Waals surface area (Å²) in [6.07, 6.45) is 1.65. The summed E-state index contributed by atoms with van der Waals surface area (Å²) in [5.74, 6) is -0.228. The lowest BCUT2D eigenvalue weighted by molar-refractivity contribution is 0.104. The normalized spacial score (nSPS) is 19.8. The minimum atomic E-state index is -4.37. The Morgan fingerprint density at radius 1 is 1.24 bits per heavy atom. The van der Waals surface area contributed by atoms with Gasteiger partial charge in [0, 0.05) is 5.92 Å². The number of hydrogen-bond acceptors (Lipinski definition) is 4. The third-order valence-electron chi connectivity index (χ3n) is 5.49. The van der Waals surface area contributed by atoms with E-state index in [9.17, 15) is 22.8 Å². The third kappa shape index (κ3) is 6.14. The van der Waals surface area contributed by atoms with Gasteiger partial charge in [-0.3, -0.25) is 8.87 Å². The fourth-order valence-corrected chi connectivity index (χ4v) is 6.47. The van der Waals surface area contributed by atoms with Crippen molar-refractivity contribution in [2.75, 3.05) is 16.7 Å². The zero-order chi connectivity index (χ0) is 24.2. The lowest BCUT2D eigenvalue weighted by Crippen LogP contribution is -2.38. The molecule has 1 heterocycles. The summed E-state index contributed by atoms with van der Waals surface area (Å²) >= 11 is 0. The Labute approximate surface area is 194 Å². The Morgan fingerprint density at radius 3 is 2.64 bits per heavy atom. The smallest absolute Gasteiger partial charge is 0.356 e. The number of sulfonamides is 1. The summed E-state index contributed by atoms with van der Waals surface area (Å²) in [6, 6.07) is 13.0. The van der Waals surface area contributed by atoms with Gasteiger partial charge in [-0.1, -0.05) is 49.6 Å². The highest BCUT2D eigenvalue weighted by Gasteiger charge is 2.44. The minimum Gasteiger partial charge on any atom is -0.375 e. The van der Waals surface area contributed by atoms with Gasteiger partial charge in [0.05, 0.1) is 36.0 Å². The number of rotatable bonds is 8. The molecule has 2 unspecified atom stereocenters. The van der Waals surface area contributed by atoms with Crippen LogP contribution in [0.5, 0.6) is 0 Å². The minimum absolute atomic E-state index is 0.0813. The molecule has 2 N–H and O–H groups in total. The van der Waals surface area contributed by atoms with Gasteiger partial charge in [-0.2, -0.15) is 0 Å². The van der Waals surface area contributed by atoms with Crippen molar-refractivity contribution in [1.82, 2.24) is 0 Å². The van der Waals surface area contributed by atoms with E-state index in [1.165, 1.54) is 16.4 Å². The topological polar surface area (TPSA) is 104 Å². The summed E-state index contributed by atoms with van der Waals surface area (Å²) < 4.78 is 45.0. The number of nitrogens with zero attached hydrogens (tertiary/aromatic N) is 1. The third-order valence-corrected chi connectivity index (χ3v) is 8.33. The van der Waals surface area contributed by atoms with E-state index in [2.05, 4.69) is 18.0 Å². The zero-order valence-corrected chi connectivity index (χ0v) is 20.3. The van der Waals surface area contributed by atoms with E-state index in [1.54, 1.807) is 24.3 Å². The molecule has 1 aliphatic heterocycles. The van der Waals surface area contributed by atoms with Gasteiger partial charge in [0.15, 0.2) is 0 Å². The van der Waals surface area contributed by atoms with Crippen molar-refractivity contribution in [3.8, 4) is 0 Å². The summed E-state index contributed by atoms with van der Waals surface area (Å²) in [7, 11) is -7.97. The van der Waals surface area contributed by atoms with Crippen LogP contribution in [0.1, 0.15) is 30.9 Å². The standard InChI is InChI=1S/C24H28NO6PS/c1-4-5-9-21-17-33(29,30)25(22-11-7-10-20(14-22)18(2)3)24(21)16-31-15-19-8-6-12-23(13-19)32(26,27)28/h6-14,18,21,24H,1,15-17H2,2-3H3,(H2,26,27,28). The van der Waals surface area contributed by atoms with Gasteiger partial charge in [0.1, 0.15) is 0 Å². The van der Waals surface area contributed by atoms with Gasteiger partial charge in [-0.15, -0.1) is 0 Å². The average Bonchev–Trinajstić information content (AvgIpc) is 3.01. The highest BCUT2D eigenvalue weighted by atomic mass is 32.2. The molecule has 0 spiro atoms. The largest absolute Gasteiger partial charge is 0.375 e. The summed E-state index contributed by atoms with van der Waals surface area (Å²) in [4.78, 5) is 18.8. The summed E-state index contributed by atoms with van der Waals surface area (Å²) in [5, 5.41) is -0.0869. The van der Waals surface area contributed by atoms with Crippen molar-refractivity contribution in [3.05, 3.63) is 83.8 Å². The predicted molar refractivity (Wildman–Crippen MR) is 129 cm³/mol. The van der Waals surface area contributed by atoms with Crippen LogP contribution in [-0.4, -0.2) is 36.6 Å². The first-order chi connectivity index (χ1) is 15.5. The van der Waals surface area contributed by atoms with Crippen LogP contribution in [0.2, 0.25) is 0 Å². The van der Waals surface area contributed by atoms with Crippen molar-refractivity contribution in [2.45, 2.75) is 32.4 Å². The van der Waals surface area contributed by atoms with Crippen LogP contribution < -0.4 is 9.61 Å². The molecule has 176 valence electrons. The molecule has 2 aromatic rings. The lowest BCUT2D eigenvalue weighted by Gasteiger charge is -2.27. The second-order valence-corrected chi connectivity index (χ2v) is 11.8. The number of benzene rings is 2. The average molecular weight is 490 g/mol. The van der Waals surface area contributed by atoms with E-state index in [0.29, 0.717) is 11.3 Å². The van der Waals surface area contributed by atoms with Crippen LogP contribution >= 0.6 is 7.60 Å². The molecule has 0 amide bonds. The number of hydrogen-bond donors (Lipinski definition) is 2. The van der Waals surface area contributed by atoms with Crippen LogP contribution in [-0.2, 0) is 25.9 Å². The second kappa shape index (κ2) is 10.3. The number of anilines is 1. The molecular formula is C24H28NO6PS. The first-order valence-corrected chi connectivity index (χ1v) is 13.7. The van der Waals surface area contributed by atoms with Gasteiger partial charge in [0.2, 0.25) is 10.0 Å². The van der Waals surface area contributed by atoms with Crippen molar-refractivity contribution < 1.29 is 27.5 Å². The Kier molecular flexibility index (Phi) is 7.84. The van der Waals surface area contributed by atoms with Crippen molar-refractivity contribution in [1.29, 1.82) is 0 Å². The van der Waals surface area contributed by atoms with Gasteiger partial charge in [-0.05, 0) is 54.0 Å². The molecule has 0 aliphatic carbocycles. The predicted octanol–water partition coefficient (Wildman–Crippen LogP) is 3.46. The first-order valence-electron chi connectivity index (χ1n) is 10.5. The molecular weight excluding hydrogens is 461 g/mol. The maximum absolute atomic E-state index is 13.1. The molecule has 1 aliphatic rings. The Balaban J connectivity index is 1.88. The molecule has 2 aromatic carbocycles. The van der Waals surface area contributed by atoms with Crippen LogP contribution in [0, 0.1) is 5.92 Å². The highest BCUT2D eigenvalue weighted by Crippen LogP contribution is 2.35. The lowest BCUT2D eigenvalue weighted by atomic mass is 10.00. The van der Waals surface area contributed by atoms with E-state index in [-0.39, 0.29) is 36.1 Å². The fourth-order valence-electron chi connectivity index (χ4n) is 3.83. The second-order valence-electron chi connectivity index (χ2n) is 8.27. The Hall–Kier alpha value is -2.40. The SMILES string of the molecule is C=C=C=CC1CS(=O)(=O)N(c2cccc(C(C)C)c2)C1COCc1cccc(P(=O)(O)O)c1. The molecule has 33 heavy (non-hydrogen) atoms. The van der Waals surface area contributed by atoms with E-state index in [4.69, 9.17) is 4.74 Å². The van der Waals surface area contributed by atoms with Crippen molar-refractivity contribution >= 4 is 28.6 Å². The Bertz CT molecular complexity index is 1240. The van der Waals surface area contributed by atoms with Crippen LogP contribution in [0.25, 0.3) is 0 Å². The maximum Gasteiger partial charge on any atom is 0.356 e. The molecule has 0 radical (unpaired) electrons. The van der Waals surface area contributed by atoms with E-state index in [1.807, 2.05) is 32.0 Å². The van der Waals surface area contributed by atoms with E-state index >= 15 is 0 Å². The molecule has 2 atom stereocenters. The highest BCUT2D eigenvalue weighted by molar-refractivity contribution is 7.93. The monoisotopic (exact) mass is 489 g/mol. The van der Waals surface area contributed by atoms with E-state index < -0.39 is 23.7 Å². The molecule has 1 saturated heterocycles. The van der Waals surface area contributed by atoms with Gasteiger partial charge in [0.25, 0.3) is 0 Å². The maximum atomic E-state index is 13.1. The van der Waals surface area contributed by atoms with Crippen molar-refractivity contribution in [3.63, 3.8) is 0 Å². The quantitative estimate of drug-likeness (QED) is 0.435. The first kappa shape index (κ1) is 25.2. The summed E-state index contributed by atoms with van der Waals surface area (Å²) in [6.45, 7) is 7.76. The van der Waals surface area contributed by atoms with Gasteiger partial charge in [-0.25, -0.2) is 8.42 Å². The van der Waals surface area contributed by atoms with Gasteiger partial charge < -0.3 is 14.5 Å². The van der Waals surface area contributed by atoms with Crippen LogP contribution in [0.4, 0.5) is 5.69 Å². The molecule has 0 bridgehead atoms. The van der Waals surface area contributed by atoms with Crippen LogP contribution in [0.15, 0.2) is 72.6 Å². The molecule has 1 fully saturated rings. The molecule has 3 rings (SSSR count). The molecule has 0 saturated carbocycles. The van der Waals surface area contributed by atoms with Crippen molar-refractivity contribution in [2.24, 2.45) is 5.92 Å². The molecule has 7 nitrogen and oxygen atoms in total. The Morgan fingerprint density at radius 2 is 1.97 bits per heavy atom. The van der Waals surface area contributed by atoms with Crippen LogP contribution in [0.3, 0.4) is 0 Å². The van der Waals surface area contributed by atoms with E-state index in [0.717, 1.165) is 5.56 Å². The zero-order valence-electron chi connectivity index (χ0n) is 18.6. The fraction of sp³-hybridized carbons (Fsp3) is 0.333.